The van der Waals surface area contributed by atoms with Crippen LogP contribution in [0.2, 0.25) is 0 Å². The van der Waals surface area contributed by atoms with Gasteiger partial charge in [-0.3, -0.25) is 4.79 Å². The zero-order valence-corrected chi connectivity index (χ0v) is 11.9. The van der Waals surface area contributed by atoms with Crippen molar-refractivity contribution >= 4 is 22.7 Å². The van der Waals surface area contributed by atoms with E-state index in [1.807, 2.05) is 36.4 Å². The van der Waals surface area contributed by atoms with Gasteiger partial charge in [0.2, 0.25) is 0 Å². The number of hydrogen-bond acceptors (Lipinski definition) is 3. The molecule has 0 aliphatic heterocycles. The van der Waals surface area contributed by atoms with Crippen molar-refractivity contribution in [3.63, 3.8) is 0 Å². The Labute approximate surface area is 121 Å². The Bertz CT molecular complexity index is 783. The van der Waals surface area contributed by atoms with Crippen LogP contribution >= 0.6 is 11.8 Å². The summed E-state index contributed by atoms with van der Waals surface area (Å²) < 4.78 is 0. The maximum atomic E-state index is 12.0. The Kier molecular flexibility index (Phi) is 3.56. The van der Waals surface area contributed by atoms with Crippen LogP contribution in [-0.4, -0.2) is 9.97 Å². The van der Waals surface area contributed by atoms with Crippen LogP contribution in [0.5, 0.6) is 0 Å². The second-order valence-electron chi connectivity index (χ2n) is 4.56. The highest BCUT2D eigenvalue weighted by Crippen LogP contribution is 2.32. The fourth-order valence-corrected chi connectivity index (χ4v) is 3.01. The Morgan fingerprint density at radius 1 is 1.05 bits per heavy atom. The van der Waals surface area contributed by atoms with Crippen LogP contribution in [0, 0.1) is 0 Å². The summed E-state index contributed by atoms with van der Waals surface area (Å²) in [5.74, 6) is 0. The van der Waals surface area contributed by atoms with Gasteiger partial charge in [0.1, 0.15) is 0 Å². The molecule has 20 heavy (non-hydrogen) atoms. The van der Waals surface area contributed by atoms with Gasteiger partial charge in [0.05, 0.1) is 10.9 Å². The van der Waals surface area contributed by atoms with E-state index in [4.69, 9.17) is 0 Å². The van der Waals surface area contributed by atoms with Crippen LogP contribution in [0.3, 0.4) is 0 Å². The molecule has 3 nitrogen and oxygen atoms in total. The SMILES string of the molecule is CC(Sc1nc2ccccc2c(=O)[nH]1)c1ccccc1. The third-order valence-corrected chi connectivity index (χ3v) is 4.19. The minimum Gasteiger partial charge on any atom is -0.301 e. The number of nitrogens with zero attached hydrogens (tertiary/aromatic N) is 1. The predicted octanol–water partition coefficient (Wildman–Crippen LogP) is 3.78. The van der Waals surface area contributed by atoms with Crippen LogP contribution in [0.25, 0.3) is 10.9 Å². The van der Waals surface area contributed by atoms with Gasteiger partial charge in [-0.15, -0.1) is 0 Å². The van der Waals surface area contributed by atoms with E-state index in [2.05, 4.69) is 29.0 Å². The first-order chi connectivity index (χ1) is 9.74. The van der Waals surface area contributed by atoms with Gasteiger partial charge in [-0.05, 0) is 24.6 Å². The number of rotatable bonds is 3. The summed E-state index contributed by atoms with van der Waals surface area (Å²) in [7, 11) is 0. The molecule has 0 fully saturated rings. The zero-order chi connectivity index (χ0) is 13.9. The minimum absolute atomic E-state index is 0.0849. The third-order valence-electron chi connectivity index (χ3n) is 3.15. The topological polar surface area (TPSA) is 45.8 Å². The average Bonchev–Trinajstić information content (AvgIpc) is 2.48. The Balaban J connectivity index is 1.93. The number of thioether (sulfide) groups is 1. The summed E-state index contributed by atoms with van der Waals surface area (Å²) in [6.45, 7) is 2.11. The summed E-state index contributed by atoms with van der Waals surface area (Å²) in [4.78, 5) is 19.4. The maximum absolute atomic E-state index is 12.0. The van der Waals surface area contributed by atoms with Gasteiger partial charge in [0.15, 0.2) is 5.16 Å². The fourth-order valence-electron chi connectivity index (χ4n) is 2.08. The van der Waals surface area contributed by atoms with E-state index in [1.165, 1.54) is 5.56 Å². The lowest BCUT2D eigenvalue weighted by Gasteiger charge is -2.10. The number of benzene rings is 2. The van der Waals surface area contributed by atoms with Crippen LogP contribution in [0.1, 0.15) is 17.7 Å². The normalized spacial score (nSPS) is 12.4. The molecule has 0 bridgehead atoms. The molecule has 0 radical (unpaired) electrons. The van der Waals surface area contributed by atoms with Crippen molar-refractivity contribution in [3.05, 3.63) is 70.5 Å². The summed E-state index contributed by atoms with van der Waals surface area (Å²) >= 11 is 1.56. The lowest BCUT2D eigenvalue weighted by atomic mass is 10.2. The van der Waals surface area contributed by atoms with E-state index in [0.29, 0.717) is 10.5 Å². The van der Waals surface area contributed by atoms with Crippen molar-refractivity contribution in [1.82, 2.24) is 9.97 Å². The highest BCUT2D eigenvalue weighted by Gasteiger charge is 2.10. The third kappa shape index (κ3) is 2.60. The molecule has 3 rings (SSSR count). The van der Waals surface area contributed by atoms with Gasteiger partial charge in [-0.2, -0.15) is 0 Å². The molecule has 0 saturated heterocycles. The Hall–Kier alpha value is -2.07. The number of fused-ring (bicyclic) bond motifs is 1. The van der Waals surface area contributed by atoms with E-state index >= 15 is 0 Å². The molecule has 1 aromatic heterocycles. The number of H-pyrrole nitrogens is 1. The molecule has 4 heteroatoms. The van der Waals surface area contributed by atoms with E-state index < -0.39 is 0 Å². The van der Waals surface area contributed by atoms with Crippen LogP contribution in [0.4, 0.5) is 0 Å². The summed E-state index contributed by atoms with van der Waals surface area (Å²) in [5.41, 5.74) is 1.87. The first kappa shape index (κ1) is 12.9. The molecule has 100 valence electrons. The maximum Gasteiger partial charge on any atom is 0.259 e. The van der Waals surface area contributed by atoms with Crippen LogP contribution in [-0.2, 0) is 0 Å². The standard InChI is InChI=1S/C16H14N2OS/c1-11(12-7-3-2-4-8-12)20-16-17-14-10-6-5-9-13(14)15(19)18-16/h2-11H,1H3,(H,17,18,19). The molecular weight excluding hydrogens is 268 g/mol. The highest BCUT2D eigenvalue weighted by molar-refractivity contribution is 7.99. The van der Waals surface area contributed by atoms with Gasteiger partial charge in [-0.25, -0.2) is 4.98 Å². The largest absolute Gasteiger partial charge is 0.301 e. The van der Waals surface area contributed by atoms with Gasteiger partial charge in [-0.1, -0.05) is 54.2 Å². The van der Waals surface area contributed by atoms with E-state index in [0.717, 1.165) is 5.52 Å². The minimum atomic E-state index is -0.0849. The molecule has 1 heterocycles. The lowest BCUT2D eigenvalue weighted by Crippen LogP contribution is -2.09. The molecule has 1 unspecified atom stereocenters. The van der Waals surface area contributed by atoms with Crippen molar-refractivity contribution in [2.45, 2.75) is 17.3 Å². The first-order valence-corrected chi connectivity index (χ1v) is 7.32. The van der Waals surface area contributed by atoms with Crippen molar-refractivity contribution in [1.29, 1.82) is 0 Å². The van der Waals surface area contributed by atoms with Crippen molar-refractivity contribution in [2.24, 2.45) is 0 Å². The fraction of sp³-hybridized carbons (Fsp3) is 0.125. The molecule has 0 saturated carbocycles. The molecule has 2 aromatic carbocycles. The van der Waals surface area contributed by atoms with Crippen molar-refractivity contribution in [3.8, 4) is 0 Å². The molecule has 0 aliphatic carbocycles. The zero-order valence-electron chi connectivity index (χ0n) is 11.0. The second-order valence-corrected chi connectivity index (χ2v) is 5.89. The Morgan fingerprint density at radius 2 is 1.75 bits per heavy atom. The number of nitrogens with one attached hydrogen (secondary N) is 1. The summed E-state index contributed by atoms with van der Waals surface area (Å²) in [5, 5.41) is 1.52. The lowest BCUT2D eigenvalue weighted by molar-refractivity contribution is 0.958. The molecule has 3 aromatic rings. The molecule has 1 atom stereocenters. The van der Waals surface area contributed by atoms with Gasteiger partial charge in [0.25, 0.3) is 5.56 Å². The summed E-state index contributed by atoms with van der Waals surface area (Å²) in [6.07, 6.45) is 0. The molecule has 1 N–H and O–H groups in total. The van der Waals surface area contributed by atoms with E-state index in [9.17, 15) is 4.79 Å². The smallest absolute Gasteiger partial charge is 0.259 e. The van der Waals surface area contributed by atoms with Gasteiger partial charge in [0, 0.05) is 5.25 Å². The number of aromatic nitrogens is 2. The monoisotopic (exact) mass is 282 g/mol. The van der Waals surface area contributed by atoms with E-state index in [1.54, 1.807) is 17.8 Å². The molecule has 0 aliphatic rings. The van der Waals surface area contributed by atoms with Crippen LogP contribution < -0.4 is 5.56 Å². The quantitative estimate of drug-likeness (QED) is 0.587. The molecule has 0 amide bonds. The van der Waals surface area contributed by atoms with Crippen molar-refractivity contribution in [2.75, 3.05) is 0 Å². The highest BCUT2D eigenvalue weighted by atomic mass is 32.2. The number of para-hydroxylation sites is 1. The molecule has 0 spiro atoms. The molecular formula is C16H14N2OS. The first-order valence-electron chi connectivity index (χ1n) is 6.45. The van der Waals surface area contributed by atoms with E-state index in [-0.39, 0.29) is 10.8 Å². The number of hydrogen-bond donors (Lipinski definition) is 1. The second kappa shape index (κ2) is 5.51. The predicted molar refractivity (Wildman–Crippen MR) is 83.1 cm³/mol. The van der Waals surface area contributed by atoms with Crippen molar-refractivity contribution < 1.29 is 0 Å². The van der Waals surface area contributed by atoms with Gasteiger partial charge < -0.3 is 4.98 Å². The average molecular weight is 282 g/mol. The van der Waals surface area contributed by atoms with Gasteiger partial charge >= 0.3 is 0 Å². The summed E-state index contributed by atoms with van der Waals surface area (Å²) in [6, 6.07) is 17.6. The Morgan fingerprint density at radius 3 is 2.55 bits per heavy atom. The van der Waals surface area contributed by atoms with Crippen LogP contribution in [0.15, 0.2) is 64.5 Å². The number of aromatic amines is 1.